The molecule has 0 aliphatic carbocycles. The van der Waals surface area contributed by atoms with Crippen molar-refractivity contribution in [1.82, 2.24) is 0 Å². The summed E-state index contributed by atoms with van der Waals surface area (Å²) < 4.78 is 11.1. The molecule has 3 aromatic rings. The lowest BCUT2D eigenvalue weighted by Crippen LogP contribution is -2.22. The van der Waals surface area contributed by atoms with E-state index in [1.54, 1.807) is 24.3 Å². The second kappa shape index (κ2) is 10.7. The maximum absolute atomic E-state index is 12.7. The van der Waals surface area contributed by atoms with Gasteiger partial charge in [0.05, 0.1) is 5.25 Å². The van der Waals surface area contributed by atoms with Crippen molar-refractivity contribution in [2.45, 2.75) is 17.1 Å². The number of fused-ring (bicyclic) bond motifs is 1. The Morgan fingerprint density at radius 3 is 2.45 bits per heavy atom. The molecule has 2 N–H and O–H groups in total. The maximum atomic E-state index is 12.7. The third-order valence-corrected chi connectivity index (χ3v) is 5.91. The quantitative estimate of drug-likeness (QED) is 0.373. The number of rotatable bonds is 7. The Balaban J connectivity index is 1.33. The number of hydrogen-bond acceptors (Lipinski definition) is 5. The molecule has 1 aliphatic rings. The summed E-state index contributed by atoms with van der Waals surface area (Å²) in [6.45, 7) is 2.85. The first-order valence-corrected chi connectivity index (χ1v) is 11.5. The fourth-order valence-electron chi connectivity index (χ4n) is 3.19. The van der Waals surface area contributed by atoms with Crippen molar-refractivity contribution in [3.8, 4) is 11.5 Å². The molecule has 7 heteroatoms. The van der Waals surface area contributed by atoms with E-state index in [1.165, 1.54) is 17.8 Å². The number of ether oxygens (including phenoxy) is 2. The van der Waals surface area contributed by atoms with Gasteiger partial charge in [-0.05, 0) is 48.9 Å². The van der Waals surface area contributed by atoms with Crippen LogP contribution in [0.15, 0.2) is 83.8 Å². The molecular weight excluding hydrogens is 436 g/mol. The van der Waals surface area contributed by atoms with Crippen molar-refractivity contribution in [3.05, 3.63) is 84.4 Å². The first-order valence-electron chi connectivity index (χ1n) is 10.6. The Bertz CT molecular complexity index is 1160. The molecule has 1 atom stereocenters. The Morgan fingerprint density at radius 2 is 1.64 bits per heavy atom. The van der Waals surface area contributed by atoms with E-state index in [0.29, 0.717) is 36.1 Å². The van der Waals surface area contributed by atoms with Gasteiger partial charge in [-0.2, -0.15) is 0 Å². The van der Waals surface area contributed by atoms with Gasteiger partial charge < -0.3 is 20.1 Å². The van der Waals surface area contributed by atoms with Gasteiger partial charge in [0.2, 0.25) is 11.8 Å². The van der Waals surface area contributed by atoms with Crippen LogP contribution in [-0.2, 0) is 9.59 Å². The third kappa shape index (κ3) is 6.40. The fraction of sp³-hybridized carbons (Fsp3) is 0.154. The van der Waals surface area contributed by atoms with Crippen LogP contribution in [0.2, 0.25) is 0 Å². The van der Waals surface area contributed by atoms with Crippen LogP contribution >= 0.6 is 11.8 Å². The molecule has 33 heavy (non-hydrogen) atoms. The molecule has 0 saturated heterocycles. The maximum Gasteiger partial charge on any atom is 0.248 e. The second-order valence-corrected chi connectivity index (χ2v) is 8.78. The highest BCUT2D eigenvalue weighted by Gasteiger charge is 2.17. The zero-order valence-electron chi connectivity index (χ0n) is 18.1. The van der Waals surface area contributed by atoms with E-state index in [2.05, 4.69) is 10.6 Å². The Morgan fingerprint density at radius 1 is 0.879 bits per heavy atom. The van der Waals surface area contributed by atoms with Gasteiger partial charge in [0.25, 0.3) is 0 Å². The standard InChI is InChI=1S/C26H24N2O4S/c1-18(26(30)28-21-11-12-23-24(17-21)32-15-14-31-23)33-22-9-5-8-20(16-22)27-25(29)13-10-19-6-3-2-4-7-19/h2-13,16-18H,14-15H2,1H3,(H,27,29)(H,28,30)/b13-10+. The summed E-state index contributed by atoms with van der Waals surface area (Å²) in [5.74, 6) is 0.963. The summed E-state index contributed by atoms with van der Waals surface area (Å²) in [6, 6.07) is 22.4. The van der Waals surface area contributed by atoms with Gasteiger partial charge in [0.15, 0.2) is 11.5 Å². The van der Waals surface area contributed by atoms with Crippen LogP contribution in [-0.4, -0.2) is 30.3 Å². The second-order valence-electron chi connectivity index (χ2n) is 7.37. The van der Waals surface area contributed by atoms with Crippen LogP contribution in [0.5, 0.6) is 11.5 Å². The van der Waals surface area contributed by atoms with Crippen LogP contribution in [0.25, 0.3) is 6.08 Å². The minimum Gasteiger partial charge on any atom is -0.486 e. The molecule has 1 aliphatic heterocycles. The van der Waals surface area contributed by atoms with Gasteiger partial charge in [-0.25, -0.2) is 0 Å². The average molecular weight is 461 g/mol. The highest BCUT2D eigenvalue weighted by Crippen LogP contribution is 2.33. The Kier molecular flexibility index (Phi) is 7.32. The molecule has 4 rings (SSSR count). The van der Waals surface area contributed by atoms with E-state index in [1.807, 2.05) is 61.5 Å². The van der Waals surface area contributed by atoms with Crippen LogP contribution in [0.4, 0.5) is 11.4 Å². The van der Waals surface area contributed by atoms with Gasteiger partial charge in [0.1, 0.15) is 13.2 Å². The summed E-state index contributed by atoms with van der Waals surface area (Å²) >= 11 is 1.41. The number of nitrogens with one attached hydrogen (secondary N) is 2. The van der Waals surface area contributed by atoms with Crippen LogP contribution in [0.1, 0.15) is 12.5 Å². The van der Waals surface area contributed by atoms with Crippen molar-refractivity contribution >= 4 is 41.0 Å². The zero-order valence-corrected chi connectivity index (χ0v) is 18.9. The molecule has 1 heterocycles. The van der Waals surface area contributed by atoms with E-state index >= 15 is 0 Å². The molecule has 3 aromatic carbocycles. The number of thioether (sulfide) groups is 1. The van der Waals surface area contributed by atoms with Crippen LogP contribution in [0.3, 0.4) is 0 Å². The zero-order chi connectivity index (χ0) is 23.0. The van der Waals surface area contributed by atoms with Crippen LogP contribution in [0, 0.1) is 0 Å². The first kappa shape index (κ1) is 22.5. The predicted octanol–water partition coefficient (Wildman–Crippen LogP) is 5.23. The van der Waals surface area contributed by atoms with Gasteiger partial charge in [0, 0.05) is 28.4 Å². The number of anilines is 2. The van der Waals surface area contributed by atoms with E-state index in [9.17, 15) is 9.59 Å². The molecule has 168 valence electrons. The molecular formula is C26H24N2O4S. The normalized spacial score (nSPS) is 13.4. The molecule has 0 radical (unpaired) electrons. The van der Waals surface area contributed by atoms with Crippen molar-refractivity contribution < 1.29 is 19.1 Å². The molecule has 2 amide bonds. The molecule has 1 unspecified atom stereocenters. The summed E-state index contributed by atoms with van der Waals surface area (Å²) in [7, 11) is 0. The van der Waals surface area contributed by atoms with Crippen molar-refractivity contribution in [2.75, 3.05) is 23.8 Å². The number of carbonyl (C=O) groups is 2. The monoisotopic (exact) mass is 460 g/mol. The van der Waals surface area contributed by atoms with Crippen molar-refractivity contribution in [3.63, 3.8) is 0 Å². The van der Waals surface area contributed by atoms with Gasteiger partial charge in [-0.1, -0.05) is 36.4 Å². The average Bonchev–Trinajstić information content (AvgIpc) is 2.83. The minimum atomic E-state index is -0.345. The summed E-state index contributed by atoms with van der Waals surface area (Å²) in [5.41, 5.74) is 2.28. The number of hydrogen-bond donors (Lipinski definition) is 2. The number of amides is 2. The summed E-state index contributed by atoms with van der Waals surface area (Å²) in [6.07, 6.45) is 3.26. The van der Waals surface area contributed by atoms with Crippen molar-refractivity contribution in [1.29, 1.82) is 0 Å². The van der Waals surface area contributed by atoms with Gasteiger partial charge in [-0.15, -0.1) is 11.8 Å². The topological polar surface area (TPSA) is 76.7 Å². The molecule has 0 aromatic heterocycles. The first-order chi connectivity index (χ1) is 16.1. The largest absolute Gasteiger partial charge is 0.486 e. The summed E-state index contributed by atoms with van der Waals surface area (Å²) in [4.78, 5) is 25.8. The lowest BCUT2D eigenvalue weighted by atomic mass is 10.2. The highest BCUT2D eigenvalue weighted by molar-refractivity contribution is 8.00. The van der Waals surface area contributed by atoms with E-state index in [-0.39, 0.29) is 17.1 Å². The Hall–Kier alpha value is -3.71. The Labute approximate surface area is 197 Å². The summed E-state index contributed by atoms with van der Waals surface area (Å²) in [5, 5.41) is 5.43. The smallest absolute Gasteiger partial charge is 0.248 e. The van der Waals surface area contributed by atoms with Crippen LogP contribution < -0.4 is 20.1 Å². The minimum absolute atomic E-state index is 0.128. The van der Waals surface area contributed by atoms with E-state index in [4.69, 9.17) is 9.47 Å². The predicted molar refractivity (Wildman–Crippen MR) is 132 cm³/mol. The molecule has 0 bridgehead atoms. The highest BCUT2D eigenvalue weighted by atomic mass is 32.2. The fourth-order valence-corrected chi connectivity index (χ4v) is 4.12. The lowest BCUT2D eigenvalue weighted by molar-refractivity contribution is -0.115. The molecule has 6 nitrogen and oxygen atoms in total. The number of carbonyl (C=O) groups excluding carboxylic acids is 2. The molecule has 0 spiro atoms. The molecule has 0 saturated carbocycles. The van der Waals surface area contributed by atoms with E-state index in [0.717, 1.165) is 10.5 Å². The van der Waals surface area contributed by atoms with Gasteiger partial charge in [-0.3, -0.25) is 9.59 Å². The SMILES string of the molecule is CC(Sc1cccc(NC(=O)/C=C/c2ccccc2)c1)C(=O)Nc1ccc2c(c1)OCCO2. The lowest BCUT2D eigenvalue weighted by Gasteiger charge is -2.19. The molecule has 0 fully saturated rings. The van der Waals surface area contributed by atoms with Crippen molar-refractivity contribution in [2.24, 2.45) is 0 Å². The number of benzene rings is 3. The third-order valence-electron chi connectivity index (χ3n) is 4.82. The van der Waals surface area contributed by atoms with E-state index < -0.39 is 0 Å². The van der Waals surface area contributed by atoms with Gasteiger partial charge >= 0.3 is 0 Å².